The zero-order chi connectivity index (χ0) is 11.7. The van der Waals surface area contributed by atoms with E-state index in [0.29, 0.717) is 0 Å². The van der Waals surface area contributed by atoms with E-state index >= 15 is 0 Å². The Morgan fingerprint density at radius 2 is 1.53 bits per heavy atom. The van der Waals surface area contributed by atoms with Crippen molar-refractivity contribution in [1.82, 2.24) is 4.98 Å². The van der Waals surface area contributed by atoms with Gasteiger partial charge in [0.05, 0.1) is 11.2 Å². The van der Waals surface area contributed by atoms with Gasteiger partial charge in [-0.2, -0.15) is 0 Å². The molecule has 0 aliphatic heterocycles. The molecule has 0 amide bonds. The second kappa shape index (κ2) is 4.06. The first-order valence-corrected chi connectivity index (χ1v) is 5.55. The molecule has 3 rings (SSSR count). The zero-order valence-electron chi connectivity index (χ0n) is 9.30. The second-order valence-electron chi connectivity index (χ2n) is 4.01. The fourth-order valence-corrected chi connectivity index (χ4v) is 1.88. The lowest BCUT2D eigenvalue weighted by molar-refractivity contribution is 1.40. The summed E-state index contributed by atoms with van der Waals surface area (Å²) in [6, 6.07) is 20.0. The van der Waals surface area contributed by atoms with E-state index in [2.05, 4.69) is 17.1 Å². The maximum atomic E-state index is 5.67. The third kappa shape index (κ3) is 1.94. The van der Waals surface area contributed by atoms with Gasteiger partial charge in [0.1, 0.15) is 7.85 Å². The van der Waals surface area contributed by atoms with Gasteiger partial charge in [0.15, 0.2) is 0 Å². The van der Waals surface area contributed by atoms with E-state index in [4.69, 9.17) is 7.85 Å². The highest BCUT2D eigenvalue weighted by Gasteiger charge is 2.00. The van der Waals surface area contributed by atoms with Crippen LogP contribution in [0.15, 0.2) is 60.7 Å². The average Bonchev–Trinajstić information content (AvgIpc) is 2.39. The van der Waals surface area contributed by atoms with Crippen LogP contribution in [0.25, 0.3) is 22.2 Å². The molecule has 0 saturated carbocycles. The number of rotatable bonds is 1. The van der Waals surface area contributed by atoms with Crippen molar-refractivity contribution in [3.05, 3.63) is 60.7 Å². The highest BCUT2D eigenvalue weighted by molar-refractivity contribution is 6.32. The Bertz CT molecular complexity index is 659. The highest BCUT2D eigenvalue weighted by atomic mass is 14.7. The van der Waals surface area contributed by atoms with Crippen LogP contribution in [-0.4, -0.2) is 12.8 Å². The van der Waals surface area contributed by atoms with Crippen LogP contribution in [0.3, 0.4) is 0 Å². The lowest BCUT2D eigenvalue weighted by Crippen LogP contribution is -1.99. The van der Waals surface area contributed by atoms with E-state index in [0.717, 1.165) is 27.6 Å². The molecular formula is C15H10BN. The van der Waals surface area contributed by atoms with Gasteiger partial charge in [-0.15, -0.1) is 0 Å². The molecule has 0 bridgehead atoms. The minimum absolute atomic E-state index is 0.773. The van der Waals surface area contributed by atoms with Crippen molar-refractivity contribution in [2.45, 2.75) is 0 Å². The minimum atomic E-state index is 0.773. The predicted octanol–water partition coefficient (Wildman–Crippen LogP) is 2.70. The molecule has 2 heteroatoms. The predicted molar refractivity (Wildman–Crippen MR) is 72.6 cm³/mol. The summed E-state index contributed by atoms with van der Waals surface area (Å²) in [5, 5.41) is 1.16. The van der Waals surface area contributed by atoms with E-state index < -0.39 is 0 Å². The molecule has 0 atom stereocenters. The summed E-state index contributed by atoms with van der Waals surface area (Å²) in [7, 11) is 5.67. The van der Waals surface area contributed by atoms with E-state index in [-0.39, 0.29) is 0 Å². The van der Waals surface area contributed by atoms with Crippen LogP contribution < -0.4 is 5.46 Å². The van der Waals surface area contributed by atoms with Crippen LogP contribution >= 0.6 is 0 Å². The van der Waals surface area contributed by atoms with Gasteiger partial charge in [0.25, 0.3) is 0 Å². The number of hydrogen-bond acceptors (Lipinski definition) is 1. The molecule has 2 aromatic carbocycles. The molecule has 0 saturated heterocycles. The van der Waals surface area contributed by atoms with Crippen molar-refractivity contribution in [3.8, 4) is 11.3 Å². The standard InChI is InChI=1S/C15H10BN/c16-13-8-5-12(6-9-13)15-10-7-11-3-1-2-4-14(11)17-15/h1-10H. The maximum Gasteiger partial charge on any atom is 0.113 e. The average molecular weight is 215 g/mol. The van der Waals surface area contributed by atoms with Gasteiger partial charge < -0.3 is 0 Å². The fourth-order valence-electron chi connectivity index (χ4n) is 1.88. The van der Waals surface area contributed by atoms with Crippen molar-refractivity contribution >= 4 is 24.2 Å². The summed E-state index contributed by atoms with van der Waals surface area (Å²) in [6.07, 6.45) is 0. The summed E-state index contributed by atoms with van der Waals surface area (Å²) < 4.78 is 0. The van der Waals surface area contributed by atoms with Crippen LogP contribution in [0.2, 0.25) is 0 Å². The van der Waals surface area contributed by atoms with Crippen molar-refractivity contribution in [2.75, 3.05) is 0 Å². The topological polar surface area (TPSA) is 12.9 Å². The number of benzene rings is 2. The Labute approximate surface area is 102 Å². The Hall–Kier alpha value is -2.09. The molecule has 0 aliphatic rings. The summed E-state index contributed by atoms with van der Waals surface area (Å²) in [6.45, 7) is 0. The van der Waals surface area contributed by atoms with Gasteiger partial charge in [0, 0.05) is 10.9 Å². The van der Waals surface area contributed by atoms with Gasteiger partial charge in [-0.25, -0.2) is 4.98 Å². The first-order chi connectivity index (χ1) is 8.33. The van der Waals surface area contributed by atoms with Crippen molar-refractivity contribution < 1.29 is 0 Å². The van der Waals surface area contributed by atoms with Crippen molar-refractivity contribution in [1.29, 1.82) is 0 Å². The van der Waals surface area contributed by atoms with Crippen LogP contribution in [-0.2, 0) is 0 Å². The van der Waals surface area contributed by atoms with Gasteiger partial charge in [0.2, 0.25) is 0 Å². The number of pyridine rings is 1. The van der Waals surface area contributed by atoms with E-state index in [9.17, 15) is 0 Å². The summed E-state index contributed by atoms with van der Waals surface area (Å²) >= 11 is 0. The number of hydrogen-bond donors (Lipinski definition) is 0. The number of aromatic nitrogens is 1. The quantitative estimate of drug-likeness (QED) is 0.568. The maximum absolute atomic E-state index is 5.67. The SMILES string of the molecule is [B]c1ccc(-c2ccc3ccccc3n2)cc1. The smallest absolute Gasteiger partial charge is 0.113 e. The lowest BCUT2D eigenvalue weighted by atomic mass is 9.94. The Morgan fingerprint density at radius 1 is 0.765 bits per heavy atom. The molecule has 3 aromatic rings. The molecule has 0 spiro atoms. The van der Waals surface area contributed by atoms with Crippen LogP contribution in [0, 0.1) is 0 Å². The van der Waals surface area contributed by atoms with E-state index in [1.807, 2.05) is 48.5 Å². The molecule has 2 radical (unpaired) electrons. The van der Waals surface area contributed by atoms with Crippen molar-refractivity contribution in [3.63, 3.8) is 0 Å². The van der Waals surface area contributed by atoms with Crippen LogP contribution in [0.1, 0.15) is 0 Å². The molecule has 1 heterocycles. The highest BCUT2D eigenvalue weighted by Crippen LogP contribution is 2.19. The van der Waals surface area contributed by atoms with E-state index in [1.165, 1.54) is 0 Å². The first-order valence-electron chi connectivity index (χ1n) is 5.55. The van der Waals surface area contributed by atoms with Gasteiger partial charge >= 0.3 is 0 Å². The molecule has 0 aliphatic carbocycles. The molecular weight excluding hydrogens is 205 g/mol. The Kier molecular flexibility index (Phi) is 2.41. The Morgan fingerprint density at radius 3 is 2.35 bits per heavy atom. The third-order valence-electron chi connectivity index (χ3n) is 2.80. The van der Waals surface area contributed by atoms with Crippen LogP contribution in [0.5, 0.6) is 0 Å². The van der Waals surface area contributed by atoms with Gasteiger partial charge in [-0.3, -0.25) is 0 Å². The molecule has 78 valence electrons. The first kappa shape index (κ1) is 10.1. The number of fused-ring (bicyclic) bond motifs is 1. The van der Waals surface area contributed by atoms with Gasteiger partial charge in [-0.1, -0.05) is 54.0 Å². The molecule has 1 aromatic heterocycles. The number of nitrogens with zero attached hydrogens (tertiary/aromatic N) is 1. The summed E-state index contributed by atoms with van der Waals surface area (Å²) in [5.74, 6) is 0. The number of para-hydroxylation sites is 1. The van der Waals surface area contributed by atoms with Crippen LogP contribution in [0.4, 0.5) is 0 Å². The molecule has 0 N–H and O–H groups in total. The van der Waals surface area contributed by atoms with Gasteiger partial charge in [-0.05, 0) is 12.1 Å². The third-order valence-corrected chi connectivity index (χ3v) is 2.80. The molecule has 0 fully saturated rings. The van der Waals surface area contributed by atoms with E-state index in [1.54, 1.807) is 0 Å². The monoisotopic (exact) mass is 215 g/mol. The zero-order valence-corrected chi connectivity index (χ0v) is 9.30. The molecule has 17 heavy (non-hydrogen) atoms. The van der Waals surface area contributed by atoms with Crippen molar-refractivity contribution in [2.24, 2.45) is 0 Å². The largest absolute Gasteiger partial charge is 0.248 e. The minimum Gasteiger partial charge on any atom is -0.248 e. The second-order valence-corrected chi connectivity index (χ2v) is 4.01. The Balaban J connectivity index is 2.14. The molecule has 0 unspecified atom stereocenters. The lowest BCUT2D eigenvalue weighted by Gasteiger charge is -2.03. The molecule has 1 nitrogen and oxygen atoms in total. The normalized spacial score (nSPS) is 10.6. The fraction of sp³-hybridized carbons (Fsp3) is 0. The summed E-state index contributed by atoms with van der Waals surface area (Å²) in [5.41, 5.74) is 3.85. The summed E-state index contributed by atoms with van der Waals surface area (Å²) in [4.78, 5) is 4.63.